The van der Waals surface area contributed by atoms with Gasteiger partial charge in [-0.1, -0.05) is 0 Å². The predicted molar refractivity (Wildman–Crippen MR) is 156 cm³/mol. The first-order valence-electron chi connectivity index (χ1n) is 12.3. The maximum Gasteiger partial charge on any atom is 2.00 e. The Labute approximate surface area is 297 Å². The van der Waals surface area contributed by atoms with Gasteiger partial charge in [-0.05, 0) is 12.3 Å². The Morgan fingerprint density at radius 1 is 0.711 bits per heavy atom. The standard InChI is InChI=1S/C24H28N13O5.CH3.W.Y/c1-34-8-12(25)7-13(34)22(40)32-15-10-37(4)21(31-15)24(42)33-16-11-36(3)20(30-16)23(41)27-6-5-17(38)28-14-9-35(2)19(29-14)18(26)39;;;/h7-11,25H,5-6H2,1-4H3,(H6,26,27,28,32,33,38,39,40,41,42);1H3;;/q2*-1;+2;/p-1. The first kappa shape index (κ1) is 38.9. The zero-order chi connectivity index (χ0) is 30.7. The van der Waals surface area contributed by atoms with Gasteiger partial charge in [-0.2, -0.15) is 0 Å². The number of aryl methyl sites for hydroxylation is 4. The van der Waals surface area contributed by atoms with Crippen molar-refractivity contribution in [1.29, 1.82) is 0 Å². The molecule has 4 rings (SSSR count). The van der Waals surface area contributed by atoms with Crippen LogP contribution in [-0.4, -0.2) is 69.3 Å². The van der Waals surface area contributed by atoms with E-state index in [1.807, 2.05) is 0 Å². The molecule has 4 aromatic rings. The average molecular weight is 865 g/mol. The third kappa shape index (κ3) is 9.42. The zero-order valence-electron chi connectivity index (χ0n) is 25.0. The smallest absolute Gasteiger partial charge is 0.697 e. The number of nitrogens with zero attached hydrogens (tertiary/aromatic N) is 7. The average Bonchev–Trinajstić information content (AvgIpc) is 3.64. The molecule has 20 heteroatoms. The van der Waals surface area contributed by atoms with Gasteiger partial charge in [-0.3, -0.25) is 19.2 Å². The molecule has 0 atom stereocenters. The Morgan fingerprint density at radius 3 is 1.67 bits per heavy atom. The minimum absolute atomic E-state index is 0. The molecule has 0 aliphatic rings. The van der Waals surface area contributed by atoms with Crippen LogP contribution in [0.5, 0.6) is 0 Å². The molecule has 0 saturated carbocycles. The van der Waals surface area contributed by atoms with Crippen LogP contribution in [0.25, 0.3) is 11.5 Å². The second kappa shape index (κ2) is 16.2. The number of carbonyl (C=O) groups is 5. The molecular formula is C25H30N13O5WY-. The summed E-state index contributed by atoms with van der Waals surface area (Å²) in [5.74, 6) is -3.08. The molecule has 0 spiro atoms. The van der Waals surface area contributed by atoms with E-state index in [0.717, 1.165) is 0 Å². The van der Waals surface area contributed by atoms with Gasteiger partial charge in [0.1, 0.15) is 11.6 Å². The molecule has 0 aliphatic carbocycles. The van der Waals surface area contributed by atoms with Gasteiger partial charge in [0.25, 0.3) is 17.7 Å². The summed E-state index contributed by atoms with van der Waals surface area (Å²) in [7, 11) is 6.27. The fourth-order valence-electron chi connectivity index (χ4n) is 3.93. The van der Waals surface area contributed by atoms with Gasteiger partial charge in [-0.15, -0.1) is 5.69 Å². The van der Waals surface area contributed by atoms with Gasteiger partial charge in [0, 0.05) is 92.5 Å². The van der Waals surface area contributed by atoms with Crippen LogP contribution in [0.15, 0.2) is 30.9 Å². The van der Waals surface area contributed by atoms with Crippen LogP contribution in [0.4, 0.5) is 23.1 Å². The normalized spacial score (nSPS) is 10.0. The molecule has 0 saturated heterocycles. The van der Waals surface area contributed by atoms with Crippen molar-refractivity contribution in [2.75, 3.05) is 22.5 Å². The van der Waals surface area contributed by atoms with Crippen molar-refractivity contribution in [1.82, 2.24) is 38.5 Å². The second-order valence-corrected chi connectivity index (χ2v) is 9.20. The summed E-state index contributed by atoms with van der Waals surface area (Å²) in [6.45, 7) is -0.0378. The maximum absolute atomic E-state index is 12.8. The van der Waals surface area contributed by atoms with Gasteiger partial charge in [-0.25, -0.2) is 15.0 Å². The van der Waals surface area contributed by atoms with Crippen molar-refractivity contribution < 1.29 is 77.7 Å². The summed E-state index contributed by atoms with van der Waals surface area (Å²) in [6, 6.07) is 1.40. The number of nitrogens with one attached hydrogen (secondary N) is 6. The summed E-state index contributed by atoms with van der Waals surface area (Å²) in [5, 5.41) is 10.2. The molecular weight excluding hydrogens is 835 g/mol. The number of hydrogen-bond acceptors (Lipinski definition) is 8. The number of anilines is 3. The van der Waals surface area contributed by atoms with E-state index in [1.54, 1.807) is 21.1 Å². The van der Waals surface area contributed by atoms with Gasteiger partial charge < -0.3 is 63.2 Å². The Bertz CT molecular complexity index is 1720. The van der Waals surface area contributed by atoms with Crippen LogP contribution in [0.1, 0.15) is 48.8 Å². The SMILES string of the molecule is Cn1cc([NH-])cc1C(=O)Nc1cn(C)c(C(=O)Nc2cn(C)c(C(=O)NCCC(=O)Nc3cn(C)c(C([NH-])=O)n3)n2)n1.[CH3-].[W+2].[Y]. The van der Waals surface area contributed by atoms with Crippen molar-refractivity contribution in [3.05, 3.63) is 72.9 Å². The van der Waals surface area contributed by atoms with E-state index in [-0.39, 0.29) is 120 Å². The minimum atomic E-state index is -0.989. The summed E-state index contributed by atoms with van der Waals surface area (Å²) in [4.78, 5) is 73.5. The van der Waals surface area contributed by atoms with Crippen LogP contribution in [0.3, 0.4) is 0 Å². The van der Waals surface area contributed by atoms with Crippen molar-refractivity contribution in [3.8, 4) is 0 Å². The Kier molecular flexibility index (Phi) is 14.0. The van der Waals surface area contributed by atoms with Gasteiger partial charge >= 0.3 is 21.1 Å². The zero-order valence-corrected chi connectivity index (χ0v) is 30.7. The molecule has 0 unspecified atom stereocenters. The summed E-state index contributed by atoms with van der Waals surface area (Å²) >= 11 is 0. The van der Waals surface area contributed by atoms with Crippen LogP contribution in [-0.2, 0) is 86.8 Å². The Balaban J connectivity index is 0.00000337. The van der Waals surface area contributed by atoms with Crippen molar-refractivity contribution in [2.45, 2.75) is 6.42 Å². The van der Waals surface area contributed by atoms with E-state index >= 15 is 0 Å². The monoisotopic (exact) mass is 865 g/mol. The van der Waals surface area contributed by atoms with E-state index in [2.05, 4.69) is 36.2 Å². The largest absolute Gasteiger partial charge is 2.00 e. The number of hydrogen-bond donors (Lipinski definition) is 4. The molecule has 5 amide bonds. The predicted octanol–water partition coefficient (Wildman–Crippen LogP) is 1.81. The minimum Gasteiger partial charge on any atom is -0.697 e. The molecule has 45 heavy (non-hydrogen) atoms. The van der Waals surface area contributed by atoms with Gasteiger partial charge in [0.05, 0.1) is 0 Å². The first-order valence-corrected chi connectivity index (χ1v) is 12.3. The van der Waals surface area contributed by atoms with Crippen LogP contribution >= 0.6 is 0 Å². The second-order valence-electron chi connectivity index (χ2n) is 9.20. The number of aromatic nitrogens is 7. The van der Waals surface area contributed by atoms with Crippen molar-refractivity contribution >= 4 is 52.7 Å². The summed E-state index contributed by atoms with van der Waals surface area (Å²) in [5.41, 5.74) is 15.2. The number of carbonyl (C=O) groups excluding carboxylic acids is 5. The third-order valence-electron chi connectivity index (χ3n) is 5.86. The van der Waals surface area contributed by atoms with E-state index < -0.39 is 29.5 Å². The number of amides is 5. The summed E-state index contributed by atoms with van der Waals surface area (Å²) < 4.78 is 5.61. The maximum atomic E-state index is 12.8. The van der Waals surface area contributed by atoms with E-state index in [1.165, 1.54) is 56.2 Å². The van der Waals surface area contributed by atoms with E-state index in [0.29, 0.717) is 0 Å². The molecule has 0 aliphatic heterocycles. The van der Waals surface area contributed by atoms with Gasteiger partial charge in [0.2, 0.25) is 17.6 Å². The van der Waals surface area contributed by atoms with Crippen LogP contribution < -0.4 is 21.3 Å². The fourth-order valence-corrected chi connectivity index (χ4v) is 3.93. The molecule has 235 valence electrons. The molecule has 4 aromatic heterocycles. The molecule has 0 fully saturated rings. The Hall–Kier alpha value is -4.15. The van der Waals surface area contributed by atoms with Crippen molar-refractivity contribution in [2.24, 2.45) is 28.2 Å². The molecule has 18 nitrogen and oxygen atoms in total. The van der Waals surface area contributed by atoms with Gasteiger partial charge in [0.15, 0.2) is 23.3 Å². The molecule has 6 N–H and O–H groups in total. The molecule has 1 radical (unpaired) electrons. The fraction of sp³-hybridized carbons (Fsp3) is 0.240. The molecule has 0 aromatic carbocycles. The van der Waals surface area contributed by atoms with E-state index in [9.17, 15) is 24.0 Å². The van der Waals surface area contributed by atoms with Crippen molar-refractivity contribution in [3.63, 3.8) is 0 Å². The van der Waals surface area contributed by atoms with Crippen LogP contribution in [0.2, 0.25) is 0 Å². The quantitative estimate of drug-likeness (QED) is 0.171. The number of rotatable bonds is 10. The Morgan fingerprint density at radius 2 is 1.18 bits per heavy atom. The third-order valence-corrected chi connectivity index (χ3v) is 5.86. The molecule has 0 bridgehead atoms. The topological polar surface area (TPSA) is 239 Å². The summed E-state index contributed by atoms with van der Waals surface area (Å²) in [6.07, 6.45) is 5.64. The van der Waals surface area contributed by atoms with Crippen LogP contribution in [0, 0.1) is 7.43 Å². The first-order chi connectivity index (χ1) is 19.8. The molecule has 4 heterocycles. The van der Waals surface area contributed by atoms with E-state index in [4.69, 9.17) is 11.5 Å². The number of imidazole rings is 3.